The van der Waals surface area contributed by atoms with Gasteiger partial charge in [-0.3, -0.25) is 0 Å². The van der Waals surface area contributed by atoms with Crippen molar-refractivity contribution in [2.75, 3.05) is 53.9 Å². The molecule has 19 heavy (non-hydrogen) atoms. The van der Waals surface area contributed by atoms with Crippen LogP contribution in [0.15, 0.2) is 0 Å². The highest BCUT2D eigenvalue weighted by atomic mass is 16.2. The highest BCUT2D eigenvalue weighted by molar-refractivity contribution is 5.76. The predicted molar refractivity (Wildman–Crippen MR) is 77.3 cm³/mol. The van der Waals surface area contributed by atoms with Crippen LogP contribution in [0.4, 0.5) is 4.79 Å². The molecular formula is C14H28N4O. The lowest BCUT2D eigenvalue weighted by atomic mass is 9.89. The Morgan fingerprint density at radius 1 is 1.26 bits per heavy atom. The monoisotopic (exact) mass is 268 g/mol. The van der Waals surface area contributed by atoms with E-state index in [0.717, 1.165) is 26.1 Å². The molecule has 0 aromatic carbocycles. The lowest BCUT2D eigenvalue weighted by Gasteiger charge is -2.34. The van der Waals surface area contributed by atoms with E-state index in [0.29, 0.717) is 12.0 Å². The number of likely N-dealkylation sites (N-methyl/N-ethyl adjacent to an activating group) is 1. The molecule has 0 spiro atoms. The fraction of sp³-hybridized carbons (Fsp3) is 0.929. The van der Waals surface area contributed by atoms with Crippen LogP contribution in [-0.4, -0.2) is 80.6 Å². The summed E-state index contributed by atoms with van der Waals surface area (Å²) in [6, 6.07) is 0.649. The maximum absolute atomic E-state index is 12.2. The lowest BCUT2D eigenvalue weighted by Crippen LogP contribution is -2.42. The van der Waals surface area contributed by atoms with Gasteiger partial charge in [-0.2, -0.15) is 0 Å². The second-order valence-corrected chi connectivity index (χ2v) is 6.00. The van der Waals surface area contributed by atoms with Crippen LogP contribution >= 0.6 is 0 Å². The molecule has 0 bridgehead atoms. The number of likely N-dealkylation sites (tertiary alicyclic amines) is 1. The molecule has 5 nitrogen and oxygen atoms in total. The van der Waals surface area contributed by atoms with Crippen molar-refractivity contribution in [3.05, 3.63) is 0 Å². The summed E-state index contributed by atoms with van der Waals surface area (Å²) in [4.78, 5) is 18.6. The Labute approximate surface area is 116 Å². The first-order chi connectivity index (χ1) is 9.13. The molecule has 0 aromatic rings. The minimum atomic E-state index is 0.222. The Bertz CT molecular complexity index is 302. The maximum atomic E-state index is 12.2. The number of carbonyl (C=O) groups excluding carboxylic acids is 1. The molecule has 0 saturated carbocycles. The second kappa shape index (κ2) is 6.57. The van der Waals surface area contributed by atoms with Crippen molar-refractivity contribution in [2.24, 2.45) is 5.92 Å². The van der Waals surface area contributed by atoms with Crippen LogP contribution in [0.25, 0.3) is 0 Å². The van der Waals surface area contributed by atoms with E-state index in [1.165, 1.54) is 25.9 Å². The number of amides is 2. The molecule has 1 N–H and O–H groups in total. The van der Waals surface area contributed by atoms with Crippen LogP contribution in [0.2, 0.25) is 0 Å². The summed E-state index contributed by atoms with van der Waals surface area (Å²) in [5, 5.41) is 3.14. The van der Waals surface area contributed by atoms with Gasteiger partial charge in [0.05, 0.1) is 6.04 Å². The Hall–Kier alpha value is -0.810. The van der Waals surface area contributed by atoms with Crippen molar-refractivity contribution in [1.29, 1.82) is 0 Å². The summed E-state index contributed by atoms with van der Waals surface area (Å²) < 4.78 is 0. The van der Waals surface area contributed by atoms with Gasteiger partial charge in [-0.05, 0) is 58.9 Å². The third-order valence-corrected chi connectivity index (χ3v) is 4.64. The van der Waals surface area contributed by atoms with Crippen LogP contribution in [0.5, 0.6) is 0 Å². The summed E-state index contributed by atoms with van der Waals surface area (Å²) in [6.07, 6.45) is 3.49. The van der Waals surface area contributed by atoms with Crippen molar-refractivity contribution >= 4 is 6.03 Å². The van der Waals surface area contributed by atoms with Crippen LogP contribution in [0, 0.1) is 5.92 Å². The molecule has 1 unspecified atom stereocenters. The Morgan fingerprint density at radius 2 is 1.95 bits per heavy atom. The summed E-state index contributed by atoms with van der Waals surface area (Å²) in [7, 11) is 6.12. The molecule has 0 radical (unpaired) electrons. The van der Waals surface area contributed by atoms with E-state index in [1.807, 2.05) is 23.9 Å². The standard InChI is InChI=1S/C14H28N4O/c1-15-7-4-8-18-11-13(17(3)14(18)19)12-5-9-16(2)10-6-12/h12-13,15H,4-11H2,1-3H3. The molecule has 2 fully saturated rings. The zero-order valence-corrected chi connectivity index (χ0v) is 12.6. The first-order valence-corrected chi connectivity index (χ1v) is 7.48. The predicted octanol–water partition coefficient (Wildman–Crippen LogP) is 0.674. The van der Waals surface area contributed by atoms with Gasteiger partial charge in [0.2, 0.25) is 0 Å². The third kappa shape index (κ3) is 3.39. The molecule has 2 rings (SSSR count). The lowest BCUT2D eigenvalue weighted by molar-refractivity contribution is 0.150. The van der Waals surface area contributed by atoms with Gasteiger partial charge in [0, 0.05) is 20.1 Å². The van der Waals surface area contributed by atoms with E-state index < -0.39 is 0 Å². The summed E-state index contributed by atoms with van der Waals surface area (Å²) >= 11 is 0. The van der Waals surface area contributed by atoms with Crippen molar-refractivity contribution in [1.82, 2.24) is 20.0 Å². The average molecular weight is 268 g/mol. The average Bonchev–Trinajstić information content (AvgIpc) is 2.69. The summed E-state index contributed by atoms with van der Waals surface area (Å²) in [5.74, 6) is 0.680. The van der Waals surface area contributed by atoms with Gasteiger partial charge >= 0.3 is 6.03 Å². The Morgan fingerprint density at radius 3 is 2.58 bits per heavy atom. The number of hydrogen-bond acceptors (Lipinski definition) is 3. The van der Waals surface area contributed by atoms with Gasteiger partial charge in [-0.15, -0.1) is 0 Å². The molecule has 1 atom stereocenters. The molecule has 0 aromatic heterocycles. The number of hydrogen-bond donors (Lipinski definition) is 1. The van der Waals surface area contributed by atoms with Crippen molar-refractivity contribution < 1.29 is 4.79 Å². The number of piperidine rings is 1. The molecular weight excluding hydrogens is 240 g/mol. The van der Waals surface area contributed by atoms with E-state index in [4.69, 9.17) is 0 Å². The Kier molecular flexibility index (Phi) is 5.05. The molecule has 5 heteroatoms. The van der Waals surface area contributed by atoms with Crippen LogP contribution in [0.1, 0.15) is 19.3 Å². The minimum Gasteiger partial charge on any atom is -0.323 e. The SMILES string of the molecule is CNCCCN1CC(C2CCN(C)CC2)N(C)C1=O. The fourth-order valence-electron chi connectivity index (χ4n) is 3.30. The van der Waals surface area contributed by atoms with Gasteiger partial charge in [0.15, 0.2) is 0 Å². The van der Waals surface area contributed by atoms with Crippen LogP contribution < -0.4 is 5.32 Å². The summed E-state index contributed by atoms with van der Waals surface area (Å²) in [5.41, 5.74) is 0. The van der Waals surface area contributed by atoms with Gasteiger partial charge in [0.25, 0.3) is 0 Å². The van der Waals surface area contributed by atoms with Gasteiger partial charge in [-0.1, -0.05) is 0 Å². The van der Waals surface area contributed by atoms with E-state index in [1.54, 1.807) is 0 Å². The van der Waals surface area contributed by atoms with Crippen LogP contribution in [-0.2, 0) is 0 Å². The smallest absolute Gasteiger partial charge is 0.320 e. The fourth-order valence-corrected chi connectivity index (χ4v) is 3.30. The van der Waals surface area contributed by atoms with E-state index in [-0.39, 0.29) is 6.03 Å². The van der Waals surface area contributed by atoms with Crippen LogP contribution in [0.3, 0.4) is 0 Å². The van der Waals surface area contributed by atoms with E-state index in [2.05, 4.69) is 17.3 Å². The zero-order chi connectivity index (χ0) is 13.8. The van der Waals surface area contributed by atoms with Gasteiger partial charge in [-0.25, -0.2) is 4.79 Å². The highest BCUT2D eigenvalue weighted by Crippen LogP contribution is 2.28. The normalized spacial score (nSPS) is 26.5. The molecule has 2 aliphatic heterocycles. The molecule has 2 heterocycles. The molecule has 0 aliphatic carbocycles. The number of nitrogens with one attached hydrogen (secondary N) is 1. The molecule has 2 amide bonds. The van der Waals surface area contributed by atoms with Crippen molar-refractivity contribution in [3.8, 4) is 0 Å². The van der Waals surface area contributed by atoms with Gasteiger partial charge in [0.1, 0.15) is 0 Å². The summed E-state index contributed by atoms with van der Waals surface area (Å²) in [6.45, 7) is 5.12. The quantitative estimate of drug-likeness (QED) is 0.745. The van der Waals surface area contributed by atoms with E-state index >= 15 is 0 Å². The molecule has 2 saturated heterocycles. The van der Waals surface area contributed by atoms with Crippen molar-refractivity contribution in [3.63, 3.8) is 0 Å². The van der Waals surface area contributed by atoms with Crippen molar-refractivity contribution in [2.45, 2.75) is 25.3 Å². The second-order valence-electron chi connectivity index (χ2n) is 6.00. The highest BCUT2D eigenvalue weighted by Gasteiger charge is 2.39. The zero-order valence-electron chi connectivity index (χ0n) is 12.6. The molecule has 110 valence electrons. The third-order valence-electron chi connectivity index (χ3n) is 4.64. The Balaban J connectivity index is 1.87. The van der Waals surface area contributed by atoms with Gasteiger partial charge < -0.3 is 20.0 Å². The minimum absolute atomic E-state index is 0.222. The number of urea groups is 1. The largest absolute Gasteiger partial charge is 0.323 e. The van der Waals surface area contributed by atoms with E-state index in [9.17, 15) is 4.79 Å². The topological polar surface area (TPSA) is 38.8 Å². The number of carbonyl (C=O) groups is 1. The number of rotatable bonds is 5. The number of nitrogens with zero attached hydrogens (tertiary/aromatic N) is 3. The first-order valence-electron chi connectivity index (χ1n) is 7.48. The molecule has 2 aliphatic rings. The first kappa shape index (κ1) is 14.6. The maximum Gasteiger partial charge on any atom is 0.320 e.